The first-order chi connectivity index (χ1) is 27.9. The molecule has 8 aromatic carbocycles. The van der Waals surface area contributed by atoms with Crippen molar-refractivity contribution in [2.45, 2.75) is 16.0 Å². The number of halogens is 3. The van der Waals surface area contributed by atoms with Crippen LogP contribution in [0.25, 0.3) is 22.3 Å². The fourth-order valence-electron chi connectivity index (χ4n) is 9.83. The predicted octanol–water partition coefficient (Wildman–Crippen LogP) is 9.42. The van der Waals surface area contributed by atoms with Gasteiger partial charge in [0.05, 0.1) is 11.3 Å². The quantitative estimate of drug-likeness (QED) is 0.166. The Morgan fingerprint density at radius 3 is 1.56 bits per heavy atom. The number of hydrogen-bond acceptors (Lipinski definition) is 3. The van der Waals surface area contributed by atoms with E-state index in [0.717, 1.165) is 76.9 Å². The molecule has 268 valence electrons. The fraction of sp³-hybridized carbons (Fsp3) is 0.0204. The standard InChI is InChI=1S/C49H29B2F3N2S/c52-49(53,54)34-17-7-10-20-39(34)55-40-21-11-8-18-35(40)50-37-27-32(30-13-3-1-4-14-30)23-25-41(37)56-42-26-24-33(31-15-5-2-6-16-31)28-38(42)51-36-19-9-12-22-44(36)57-45-29-43(55)46(50)48(56)47(45)51/h1-29H. The van der Waals surface area contributed by atoms with Crippen LogP contribution < -0.4 is 42.6 Å². The van der Waals surface area contributed by atoms with Gasteiger partial charge in [-0.3, -0.25) is 0 Å². The van der Waals surface area contributed by atoms with Crippen molar-refractivity contribution < 1.29 is 13.2 Å². The first kappa shape index (κ1) is 32.8. The van der Waals surface area contributed by atoms with Gasteiger partial charge in [-0.05, 0) is 92.0 Å². The highest BCUT2D eigenvalue weighted by atomic mass is 32.2. The second-order valence-corrected chi connectivity index (χ2v) is 16.2. The third kappa shape index (κ3) is 4.71. The molecule has 0 aliphatic carbocycles. The van der Waals surface area contributed by atoms with Crippen molar-refractivity contribution in [2.75, 3.05) is 9.80 Å². The molecule has 0 bridgehead atoms. The zero-order chi connectivity index (χ0) is 38.0. The van der Waals surface area contributed by atoms with E-state index in [9.17, 15) is 0 Å². The van der Waals surface area contributed by atoms with Gasteiger partial charge in [0.25, 0.3) is 6.71 Å². The molecule has 8 heteroatoms. The van der Waals surface area contributed by atoms with E-state index in [0.29, 0.717) is 0 Å². The van der Waals surface area contributed by atoms with Crippen LogP contribution >= 0.6 is 11.8 Å². The summed E-state index contributed by atoms with van der Waals surface area (Å²) >= 11 is 1.72. The summed E-state index contributed by atoms with van der Waals surface area (Å²) in [5.41, 5.74) is 15.5. The third-order valence-corrected chi connectivity index (χ3v) is 13.3. The maximum absolute atomic E-state index is 15.0. The fourth-order valence-corrected chi connectivity index (χ4v) is 11.0. The van der Waals surface area contributed by atoms with E-state index in [2.05, 4.69) is 126 Å². The molecule has 0 unspecified atom stereocenters. The Morgan fingerprint density at radius 1 is 0.386 bits per heavy atom. The molecule has 0 saturated carbocycles. The lowest BCUT2D eigenvalue weighted by molar-refractivity contribution is -0.137. The number of alkyl halides is 3. The molecule has 0 N–H and O–H groups in total. The Hall–Kier alpha value is -6.37. The van der Waals surface area contributed by atoms with Gasteiger partial charge in [0.15, 0.2) is 0 Å². The molecule has 4 aliphatic rings. The van der Waals surface area contributed by atoms with Crippen molar-refractivity contribution in [3.8, 4) is 22.3 Å². The molecule has 2 nitrogen and oxygen atoms in total. The smallest absolute Gasteiger partial charge is 0.312 e. The van der Waals surface area contributed by atoms with E-state index in [1.165, 1.54) is 28.5 Å². The minimum Gasteiger partial charge on any atom is -0.312 e. The third-order valence-electron chi connectivity index (χ3n) is 12.1. The largest absolute Gasteiger partial charge is 0.418 e. The second kappa shape index (κ2) is 12.1. The topological polar surface area (TPSA) is 6.48 Å². The van der Waals surface area contributed by atoms with Gasteiger partial charge < -0.3 is 9.80 Å². The van der Waals surface area contributed by atoms with Gasteiger partial charge in [0.2, 0.25) is 6.71 Å². The van der Waals surface area contributed by atoms with Gasteiger partial charge in [0.1, 0.15) is 0 Å². The van der Waals surface area contributed by atoms with Crippen molar-refractivity contribution >= 4 is 92.1 Å². The highest BCUT2D eigenvalue weighted by Crippen LogP contribution is 2.50. The van der Waals surface area contributed by atoms with E-state index < -0.39 is 11.7 Å². The average Bonchev–Trinajstić information content (AvgIpc) is 3.25. The van der Waals surface area contributed by atoms with Crippen LogP contribution in [-0.2, 0) is 6.18 Å². The maximum atomic E-state index is 15.0. The average molecular weight is 756 g/mol. The molecule has 8 aromatic rings. The summed E-state index contributed by atoms with van der Waals surface area (Å²) in [5, 5.41) is 0. The van der Waals surface area contributed by atoms with Gasteiger partial charge >= 0.3 is 6.18 Å². The number of anilines is 6. The number of para-hydroxylation sites is 2. The molecular weight excluding hydrogens is 727 g/mol. The van der Waals surface area contributed by atoms with Gasteiger partial charge in [-0.25, -0.2) is 0 Å². The molecular formula is C49H29B2F3N2S. The molecule has 4 aliphatic heterocycles. The Morgan fingerprint density at radius 2 is 0.912 bits per heavy atom. The lowest BCUT2D eigenvalue weighted by Crippen LogP contribution is -2.68. The van der Waals surface area contributed by atoms with E-state index in [4.69, 9.17) is 0 Å². The molecule has 12 rings (SSSR count). The van der Waals surface area contributed by atoms with E-state index >= 15 is 13.2 Å². The van der Waals surface area contributed by atoms with Crippen LogP contribution in [0.5, 0.6) is 0 Å². The summed E-state index contributed by atoms with van der Waals surface area (Å²) in [6.45, 7) is -0.305. The van der Waals surface area contributed by atoms with Crippen molar-refractivity contribution in [3.63, 3.8) is 0 Å². The molecule has 0 amide bonds. The van der Waals surface area contributed by atoms with Crippen LogP contribution in [0.3, 0.4) is 0 Å². The molecule has 0 radical (unpaired) electrons. The van der Waals surface area contributed by atoms with Crippen LogP contribution in [0.1, 0.15) is 5.56 Å². The van der Waals surface area contributed by atoms with Crippen molar-refractivity contribution in [2.24, 2.45) is 0 Å². The number of hydrogen-bond donors (Lipinski definition) is 0. The van der Waals surface area contributed by atoms with Gasteiger partial charge in [-0.15, -0.1) is 0 Å². The summed E-state index contributed by atoms with van der Waals surface area (Å²) in [4.78, 5) is 6.53. The SMILES string of the molecule is FC(F)(F)c1ccccc1N1c2ccccc2B2c3cc(-c4ccccc4)ccc3N3c4ccc(-c5ccccc5)cc4B4c5ccccc5Sc5cc1c2c3c54. The molecule has 57 heavy (non-hydrogen) atoms. The number of nitrogens with zero attached hydrogens (tertiary/aromatic N) is 2. The van der Waals surface area contributed by atoms with Crippen molar-refractivity contribution in [1.82, 2.24) is 0 Å². The molecule has 0 fully saturated rings. The van der Waals surface area contributed by atoms with E-state index in [1.54, 1.807) is 23.9 Å². The van der Waals surface area contributed by atoms with Gasteiger partial charge in [-0.1, -0.05) is 151 Å². The maximum Gasteiger partial charge on any atom is 0.418 e. The number of rotatable bonds is 3. The van der Waals surface area contributed by atoms with E-state index in [-0.39, 0.29) is 19.1 Å². The Bertz CT molecular complexity index is 2960. The van der Waals surface area contributed by atoms with Gasteiger partial charge in [-0.2, -0.15) is 13.2 Å². The highest BCUT2D eigenvalue weighted by Gasteiger charge is 2.51. The van der Waals surface area contributed by atoms with Crippen molar-refractivity contribution in [3.05, 3.63) is 181 Å². The zero-order valence-electron chi connectivity index (χ0n) is 30.3. The van der Waals surface area contributed by atoms with Gasteiger partial charge in [0, 0.05) is 38.2 Å². The molecule has 0 aromatic heterocycles. The Kier molecular flexibility index (Phi) is 6.95. The first-order valence-corrected chi connectivity index (χ1v) is 20.0. The summed E-state index contributed by atoms with van der Waals surface area (Å²) in [6.07, 6.45) is -4.56. The monoisotopic (exact) mass is 756 g/mol. The van der Waals surface area contributed by atoms with Crippen LogP contribution in [0, 0.1) is 0 Å². The van der Waals surface area contributed by atoms with Crippen LogP contribution in [0.4, 0.5) is 47.3 Å². The molecule has 4 heterocycles. The number of benzene rings is 8. The van der Waals surface area contributed by atoms with Crippen LogP contribution in [-0.4, -0.2) is 13.4 Å². The summed E-state index contributed by atoms with van der Waals surface area (Å²) in [5.74, 6) is 0. The molecule has 0 spiro atoms. The minimum atomic E-state index is -4.56. The zero-order valence-corrected chi connectivity index (χ0v) is 31.2. The van der Waals surface area contributed by atoms with E-state index in [1.807, 2.05) is 35.2 Å². The Labute approximate surface area is 333 Å². The second-order valence-electron chi connectivity index (χ2n) is 15.1. The lowest BCUT2D eigenvalue weighted by Gasteiger charge is -2.49. The lowest BCUT2D eigenvalue weighted by atomic mass is 9.29. The minimum absolute atomic E-state index is 0.0773. The van der Waals surface area contributed by atoms with Crippen molar-refractivity contribution in [1.29, 1.82) is 0 Å². The summed E-state index contributed by atoms with van der Waals surface area (Å²) in [7, 11) is 0. The van der Waals surface area contributed by atoms with Crippen LogP contribution in [0.2, 0.25) is 0 Å². The molecule has 0 saturated heterocycles. The molecule has 0 atom stereocenters. The predicted molar refractivity (Wildman–Crippen MR) is 232 cm³/mol. The first-order valence-electron chi connectivity index (χ1n) is 19.2. The summed E-state index contributed by atoms with van der Waals surface area (Å²) < 4.78 is 45.1. The normalized spacial score (nSPS) is 14.0. The van der Waals surface area contributed by atoms with Crippen LogP contribution in [0.15, 0.2) is 186 Å². The highest BCUT2D eigenvalue weighted by molar-refractivity contribution is 8.00. The number of fused-ring (bicyclic) bond motifs is 10. The summed E-state index contributed by atoms with van der Waals surface area (Å²) in [6, 6.07) is 59.4. The Balaban J connectivity index is 1.22.